The number of aliphatic hydroxyl groups is 1. The van der Waals surface area contributed by atoms with Crippen molar-refractivity contribution in [1.29, 1.82) is 0 Å². The lowest BCUT2D eigenvalue weighted by molar-refractivity contribution is -0.174. The molecule has 0 saturated heterocycles. The second-order valence-corrected chi connectivity index (χ2v) is 6.92. The Morgan fingerprint density at radius 1 is 1.21 bits per heavy atom. The summed E-state index contributed by atoms with van der Waals surface area (Å²) in [4.78, 5) is 12.8. The second-order valence-electron chi connectivity index (χ2n) is 6.92. The van der Waals surface area contributed by atoms with Gasteiger partial charge < -0.3 is 28.8 Å². The third-order valence-corrected chi connectivity index (χ3v) is 5.34. The van der Waals surface area contributed by atoms with Crippen molar-refractivity contribution in [3.8, 4) is 5.75 Å². The van der Waals surface area contributed by atoms with Crippen LogP contribution in [-0.2, 0) is 30.3 Å². The lowest BCUT2D eigenvalue weighted by Gasteiger charge is -2.44. The van der Waals surface area contributed by atoms with E-state index in [-0.39, 0.29) is 25.9 Å². The van der Waals surface area contributed by atoms with Crippen molar-refractivity contribution >= 4 is 5.97 Å². The number of esters is 1. The Hall–Kier alpha value is -1.93. The summed E-state index contributed by atoms with van der Waals surface area (Å²) in [5.74, 6) is -0.00120. The Labute approximate surface area is 166 Å². The van der Waals surface area contributed by atoms with Crippen molar-refractivity contribution in [1.82, 2.24) is 0 Å². The third-order valence-electron chi connectivity index (χ3n) is 5.34. The van der Waals surface area contributed by atoms with Crippen molar-refractivity contribution in [3.63, 3.8) is 0 Å². The number of aliphatic hydroxyl groups excluding tert-OH is 1. The van der Waals surface area contributed by atoms with Crippen LogP contribution in [0.15, 0.2) is 35.9 Å². The van der Waals surface area contributed by atoms with E-state index in [0.717, 1.165) is 16.9 Å². The summed E-state index contributed by atoms with van der Waals surface area (Å²) in [5.41, 5.74) is 0.715. The normalized spacial score (nSPS) is 24.5. The molecular weight excluding hydrogens is 364 g/mol. The first-order chi connectivity index (χ1) is 13.5. The van der Waals surface area contributed by atoms with E-state index in [2.05, 4.69) is 0 Å². The molecule has 0 aliphatic heterocycles. The standard InChI is InChI=1S/C21H30O7/c1-21(20(23)26-4)18(13-27-14-24-2)16(11-22)7-10-19(21)28-12-15-5-8-17(25-3)9-6-15/h5-9,18-19,22H,10-14H2,1-4H3/t18-,19+,21+/m1/s1. The van der Waals surface area contributed by atoms with Gasteiger partial charge in [0, 0.05) is 13.0 Å². The molecule has 1 aliphatic rings. The number of hydrogen-bond acceptors (Lipinski definition) is 7. The van der Waals surface area contributed by atoms with Gasteiger partial charge in [0.2, 0.25) is 0 Å². The molecule has 0 radical (unpaired) electrons. The fourth-order valence-electron chi connectivity index (χ4n) is 3.61. The van der Waals surface area contributed by atoms with Gasteiger partial charge in [0.05, 0.1) is 40.1 Å². The molecular formula is C21H30O7. The fourth-order valence-corrected chi connectivity index (χ4v) is 3.61. The van der Waals surface area contributed by atoms with Gasteiger partial charge in [0.1, 0.15) is 18.0 Å². The lowest BCUT2D eigenvalue weighted by Crippen LogP contribution is -2.52. The molecule has 0 aromatic heterocycles. The van der Waals surface area contributed by atoms with Crippen LogP contribution < -0.4 is 4.74 Å². The highest BCUT2D eigenvalue weighted by molar-refractivity contribution is 5.78. The average molecular weight is 394 g/mol. The molecule has 3 atom stereocenters. The van der Waals surface area contributed by atoms with Crippen molar-refractivity contribution in [2.75, 3.05) is 41.3 Å². The van der Waals surface area contributed by atoms with Gasteiger partial charge in [-0.15, -0.1) is 0 Å². The van der Waals surface area contributed by atoms with Crippen LogP contribution in [0.3, 0.4) is 0 Å². The molecule has 156 valence electrons. The van der Waals surface area contributed by atoms with Crippen LogP contribution in [-0.4, -0.2) is 58.5 Å². The summed E-state index contributed by atoms with van der Waals surface area (Å²) in [6, 6.07) is 7.57. The number of carbonyl (C=O) groups is 1. The fraction of sp³-hybridized carbons (Fsp3) is 0.571. The number of benzene rings is 1. The summed E-state index contributed by atoms with van der Waals surface area (Å²) in [7, 11) is 4.51. The first-order valence-electron chi connectivity index (χ1n) is 9.20. The molecule has 0 bridgehead atoms. The van der Waals surface area contributed by atoms with Gasteiger partial charge >= 0.3 is 5.97 Å². The Balaban J connectivity index is 2.22. The summed E-state index contributed by atoms with van der Waals surface area (Å²) in [6.45, 7) is 2.31. The molecule has 0 fully saturated rings. The molecule has 28 heavy (non-hydrogen) atoms. The van der Waals surface area contributed by atoms with Gasteiger partial charge in [-0.3, -0.25) is 4.79 Å². The van der Waals surface area contributed by atoms with Crippen LogP contribution in [0, 0.1) is 11.3 Å². The first-order valence-corrected chi connectivity index (χ1v) is 9.20. The molecule has 0 amide bonds. The summed E-state index contributed by atoms with van der Waals surface area (Å²) in [6.07, 6.45) is 2.00. The van der Waals surface area contributed by atoms with E-state index in [9.17, 15) is 9.90 Å². The van der Waals surface area contributed by atoms with E-state index >= 15 is 0 Å². The molecule has 0 heterocycles. The molecule has 1 aromatic rings. The number of carbonyl (C=O) groups excluding carboxylic acids is 1. The van der Waals surface area contributed by atoms with Crippen LogP contribution in [0.2, 0.25) is 0 Å². The minimum atomic E-state index is -0.998. The zero-order valence-corrected chi connectivity index (χ0v) is 17.0. The minimum Gasteiger partial charge on any atom is -0.497 e. The monoisotopic (exact) mass is 394 g/mol. The van der Waals surface area contributed by atoms with Crippen molar-refractivity contribution < 1.29 is 33.6 Å². The topological polar surface area (TPSA) is 83.5 Å². The van der Waals surface area contributed by atoms with E-state index in [1.165, 1.54) is 14.2 Å². The predicted molar refractivity (Wildman–Crippen MR) is 103 cm³/mol. The average Bonchev–Trinajstić information content (AvgIpc) is 2.73. The van der Waals surface area contributed by atoms with Gasteiger partial charge in [0.15, 0.2) is 0 Å². The Kier molecular flexibility index (Phi) is 8.44. The third kappa shape index (κ3) is 4.91. The number of hydrogen-bond donors (Lipinski definition) is 1. The van der Waals surface area contributed by atoms with Gasteiger partial charge in [-0.05, 0) is 36.6 Å². The first kappa shape index (κ1) is 22.4. The Morgan fingerprint density at radius 3 is 2.50 bits per heavy atom. The molecule has 1 aromatic carbocycles. The maximum atomic E-state index is 12.8. The molecule has 1 aliphatic carbocycles. The summed E-state index contributed by atoms with van der Waals surface area (Å²) in [5, 5.41) is 9.79. The summed E-state index contributed by atoms with van der Waals surface area (Å²) < 4.78 is 26.9. The van der Waals surface area contributed by atoms with Gasteiger partial charge in [-0.25, -0.2) is 0 Å². The molecule has 2 rings (SSSR count). The molecule has 1 N–H and O–H groups in total. The van der Waals surface area contributed by atoms with Crippen molar-refractivity contribution in [2.45, 2.75) is 26.1 Å². The molecule has 0 unspecified atom stereocenters. The van der Waals surface area contributed by atoms with Gasteiger partial charge in [-0.2, -0.15) is 0 Å². The smallest absolute Gasteiger partial charge is 0.314 e. The lowest BCUT2D eigenvalue weighted by atomic mass is 9.65. The van der Waals surface area contributed by atoms with Crippen molar-refractivity contribution in [3.05, 3.63) is 41.5 Å². The molecule has 7 heteroatoms. The number of methoxy groups -OCH3 is 3. The van der Waals surface area contributed by atoms with Gasteiger partial charge in [-0.1, -0.05) is 18.2 Å². The largest absolute Gasteiger partial charge is 0.497 e. The molecule has 7 nitrogen and oxygen atoms in total. The molecule has 0 saturated carbocycles. The van der Waals surface area contributed by atoms with E-state index < -0.39 is 17.5 Å². The van der Waals surface area contributed by atoms with E-state index in [4.69, 9.17) is 23.7 Å². The van der Waals surface area contributed by atoms with E-state index in [0.29, 0.717) is 13.0 Å². The van der Waals surface area contributed by atoms with Crippen LogP contribution in [0.1, 0.15) is 18.9 Å². The minimum absolute atomic E-state index is 0.101. The molecule has 0 spiro atoms. The zero-order valence-electron chi connectivity index (χ0n) is 17.0. The predicted octanol–water partition coefficient (Wildman–Crippen LogP) is 2.32. The van der Waals surface area contributed by atoms with Crippen LogP contribution in [0.4, 0.5) is 0 Å². The van der Waals surface area contributed by atoms with E-state index in [1.54, 1.807) is 14.0 Å². The quantitative estimate of drug-likeness (QED) is 0.282. The van der Waals surface area contributed by atoms with Crippen LogP contribution in [0.5, 0.6) is 5.75 Å². The summed E-state index contributed by atoms with van der Waals surface area (Å²) >= 11 is 0. The van der Waals surface area contributed by atoms with Crippen LogP contribution >= 0.6 is 0 Å². The SMILES string of the molecule is COCOC[C@@H]1C(CO)=CC[C@H](OCc2ccc(OC)cc2)[C@@]1(C)C(=O)OC. The maximum absolute atomic E-state index is 12.8. The number of ether oxygens (including phenoxy) is 5. The number of rotatable bonds is 10. The zero-order chi connectivity index (χ0) is 20.6. The highest BCUT2D eigenvalue weighted by atomic mass is 16.7. The second kappa shape index (κ2) is 10.6. The van der Waals surface area contributed by atoms with Gasteiger partial charge in [0.25, 0.3) is 0 Å². The van der Waals surface area contributed by atoms with Crippen molar-refractivity contribution in [2.24, 2.45) is 11.3 Å². The highest BCUT2D eigenvalue weighted by Crippen LogP contribution is 2.44. The Bertz CT molecular complexity index is 655. The van der Waals surface area contributed by atoms with E-state index in [1.807, 2.05) is 30.3 Å². The maximum Gasteiger partial charge on any atom is 0.314 e. The highest BCUT2D eigenvalue weighted by Gasteiger charge is 2.52. The van der Waals surface area contributed by atoms with Crippen LogP contribution in [0.25, 0.3) is 0 Å². The Morgan fingerprint density at radius 2 is 1.93 bits per heavy atom.